The van der Waals surface area contributed by atoms with Crippen LogP contribution in [0.1, 0.15) is 11.1 Å². The zero-order chi connectivity index (χ0) is 21.1. The average Bonchev–Trinajstić information content (AvgIpc) is 2.66. The van der Waals surface area contributed by atoms with Gasteiger partial charge >= 0.3 is 6.03 Å². The second-order valence-corrected chi connectivity index (χ2v) is 7.89. The van der Waals surface area contributed by atoms with Gasteiger partial charge in [0.25, 0.3) is 11.8 Å². The van der Waals surface area contributed by atoms with Crippen molar-refractivity contribution in [2.75, 3.05) is 11.5 Å². The number of halogens is 2. The van der Waals surface area contributed by atoms with Gasteiger partial charge in [-0.1, -0.05) is 37.8 Å². The third-order valence-electron chi connectivity index (χ3n) is 4.08. The highest BCUT2D eigenvalue weighted by atomic mass is 79.9. The number of carbonyl (C=O) groups excluding carboxylic acids is 3. The van der Waals surface area contributed by atoms with E-state index in [0.717, 1.165) is 13.8 Å². The molecule has 0 spiro atoms. The second-order valence-electron chi connectivity index (χ2n) is 6.06. The zero-order valence-corrected chi connectivity index (χ0v) is 18.3. The standard InChI is InChI=1S/C21H14Br2N2O4/c1-3-8-29-18-7-5-15(23)10-13(18)11-16-19(26)24-21(28)25(20(16)27)17-6-4-14(22)9-12(17)2/h1,4-7,9-11H,8H2,2H3,(H,24,26,28)/b16-11-. The fourth-order valence-corrected chi connectivity index (χ4v) is 3.64. The van der Waals surface area contributed by atoms with Gasteiger partial charge in [-0.05, 0) is 55.0 Å². The van der Waals surface area contributed by atoms with Gasteiger partial charge in [0, 0.05) is 14.5 Å². The molecule has 8 heteroatoms. The molecule has 6 nitrogen and oxygen atoms in total. The minimum absolute atomic E-state index is 0.0284. The van der Waals surface area contributed by atoms with E-state index in [2.05, 4.69) is 43.1 Å². The molecule has 0 atom stereocenters. The maximum absolute atomic E-state index is 13.1. The summed E-state index contributed by atoms with van der Waals surface area (Å²) in [6.07, 6.45) is 6.62. The van der Waals surface area contributed by atoms with Gasteiger partial charge in [0.05, 0.1) is 5.69 Å². The maximum atomic E-state index is 13.1. The molecule has 2 aromatic rings. The summed E-state index contributed by atoms with van der Waals surface area (Å²) in [5.41, 5.74) is 1.34. The maximum Gasteiger partial charge on any atom is 0.335 e. The van der Waals surface area contributed by atoms with Gasteiger partial charge in [-0.2, -0.15) is 0 Å². The number of ether oxygens (including phenoxy) is 1. The first-order valence-electron chi connectivity index (χ1n) is 8.35. The van der Waals surface area contributed by atoms with E-state index < -0.39 is 17.8 Å². The van der Waals surface area contributed by atoms with Crippen LogP contribution >= 0.6 is 31.9 Å². The molecule has 1 fully saturated rings. The summed E-state index contributed by atoms with van der Waals surface area (Å²) in [7, 11) is 0. The predicted molar refractivity (Wildman–Crippen MR) is 116 cm³/mol. The number of hydrogen-bond donors (Lipinski definition) is 1. The van der Waals surface area contributed by atoms with Crippen molar-refractivity contribution in [3.63, 3.8) is 0 Å². The SMILES string of the molecule is C#CCOc1ccc(Br)cc1/C=C1/C(=O)NC(=O)N(c2ccc(Br)cc2C)C1=O. The Morgan fingerprint density at radius 2 is 1.83 bits per heavy atom. The molecule has 1 saturated heterocycles. The highest BCUT2D eigenvalue weighted by molar-refractivity contribution is 9.10. The number of imide groups is 2. The number of nitrogens with zero attached hydrogens (tertiary/aromatic N) is 1. The predicted octanol–water partition coefficient (Wildman–Crippen LogP) is 4.20. The third kappa shape index (κ3) is 4.42. The molecule has 29 heavy (non-hydrogen) atoms. The van der Waals surface area contributed by atoms with Gasteiger partial charge < -0.3 is 4.74 Å². The molecule has 1 aliphatic rings. The topological polar surface area (TPSA) is 75.7 Å². The van der Waals surface area contributed by atoms with E-state index in [1.165, 1.54) is 6.08 Å². The van der Waals surface area contributed by atoms with Gasteiger partial charge in [-0.15, -0.1) is 6.42 Å². The Labute approximate surface area is 184 Å². The summed E-state index contributed by atoms with van der Waals surface area (Å²) in [5, 5.41) is 2.21. The molecule has 1 heterocycles. The highest BCUT2D eigenvalue weighted by Crippen LogP contribution is 2.30. The molecule has 0 saturated carbocycles. The van der Waals surface area contributed by atoms with Gasteiger partial charge in [0.2, 0.25) is 0 Å². The second kappa shape index (κ2) is 8.64. The van der Waals surface area contributed by atoms with Gasteiger partial charge in [0.15, 0.2) is 0 Å². The van der Waals surface area contributed by atoms with E-state index in [4.69, 9.17) is 11.2 Å². The van der Waals surface area contributed by atoms with Crippen LogP contribution in [0.25, 0.3) is 6.08 Å². The summed E-state index contributed by atoms with van der Waals surface area (Å²) in [4.78, 5) is 38.8. The first-order valence-corrected chi connectivity index (χ1v) is 9.94. The number of nitrogens with one attached hydrogen (secondary N) is 1. The lowest BCUT2D eigenvalue weighted by molar-refractivity contribution is -0.122. The Morgan fingerprint density at radius 1 is 1.14 bits per heavy atom. The lowest BCUT2D eigenvalue weighted by Gasteiger charge is -2.27. The highest BCUT2D eigenvalue weighted by Gasteiger charge is 2.37. The number of carbonyl (C=O) groups is 3. The number of rotatable bonds is 4. The van der Waals surface area contributed by atoms with Crippen LogP contribution in [-0.4, -0.2) is 24.5 Å². The molecule has 0 unspecified atom stereocenters. The molecule has 0 radical (unpaired) electrons. The third-order valence-corrected chi connectivity index (χ3v) is 5.07. The smallest absolute Gasteiger partial charge is 0.335 e. The number of terminal acetylenes is 1. The molecule has 1 N–H and O–H groups in total. The quantitative estimate of drug-likeness (QED) is 0.374. The number of aryl methyl sites for hydroxylation is 1. The molecular weight excluding hydrogens is 504 g/mol. The minimum atomic E-state index is -0.805. The molecule has 0 aliphatic carbocycles. The van der Waals surface area contributed by atoms with Gasteiger partial charge in [-0.3, -0.25) is 14.9 Å². The molecule has 4 amide bonds. The Balaban J connectivity index is 2.07. The van der Waals surface area contributed by atoms with Crippen molar-refractivity contribution in [2.45, 2.75) is 6.92 Å². The lowest BCUT2D eigenvalue weighted by Crippen LogP contribution is -2.54. The zero-order valence-electron chi connectivity index (χ0n) is 15.2. The van der Waals surface area contributed by atoms with Crippen LogP contribution in [0.3, 0.4) is 0 Å². The summed E-state index contributed by atoms with van der Waals surface area (Å²) in [6, 6.07) is 9.41. The van der Waals surface area contributed by atoms with Crippen molar-refractivity contribution in [3.8, 4) is 18.1 Å². The lowest BCUT2D eigenvalue weighted by atomic mass is 10.1. The fraction of sp³-hybridized carbons (Fsp3) is 0.0952. The Kier molecular flexibility index (Phi) is 6.20. The molecule has 146 valence electrons. The van der Waals surface area contributed by atoms with Crippen LogP contribution in [0, 0.1) is 19.3 Å². The van der Waals surface area contributed by atoms with E-state index in [1.807, 2.05) is 0 Å². The monoisotopic (exact) mass is 516 g/mol. The molecule has 3 rings (SSSR count). The van der Waals surface area contributed by atoms with Gasteiger partial charge in [0.1, 0.15) is 17.9 Å². The number of amides is 4. The molecule has 1 aliphatic heterocycles. The molecule has 0 bridgehead atoms. The van der Waals surface area contributed by atoms with Crippen LogP contribution in [-0.2, 0) is 9.59 Å². The number of hydrogen-bond acceptors (Lipinski definition) is 4. The van der Waals surface area contributed by atoms with Crippen molar-refractivity contribution in [1.29, 1.82) is 0 Å². The normalized spacial score (nSPS) is 15.3. The summed E-state index contributed by atoms with van der Waals surface area (Å²) < 4.78 is 7.01. The van der Waals surface area contributed by atoms with Crippen molar-refractivity contribution < 1.29 is 19.1 Å². The number of benzene rings is 2. The number of urea groups is 1. The molecular formula is C21H14Br2N2O4. The summed E-state index contributed by atoms with van der Waals surface area (Å²) >= 11 is 6.70. The van der Waals surface area contributed by atoms with E-state index in [9.17, 15) is 14.4 Å². The molecule has 2 aromatic carbocycles. The summed E-state index contributed by atoms with van der Waals surface area (Å²) in [6.45, 7) is 1.79. The Bertz CT molecular complexity index is 1100. The Morgan fingerprint density at radius 3 is 2.52 bits per heavy atom. The van der Waals surface area contributed by atoms with E-state index in [0.29, 0.717) is 22.6 Å². The summed E-state index contributed by atoms with van der Waals surface area (Å²) in [5.74, 6) is 1.26. The number of barbiturate groups is 1. The van der Waals surface area contributed by atoms with Crippen molar-refractivity contribution >= 4 is 61.5 Å². The van der Waals surface area contributed by atoms with Crippen LogP contribution < -0.4 is 15.0 Å². The first kappa shape index (κ1) is 20.8. The first-order chi connectivity index (χ1) is 13.8. The van der Waals surface area contributed by atoms with Crippen LogP contribution in [0.15, 0.2) is 50.9 Å². The molecule has 0 aromatic heterocycles. The van der Waals surface area contributed by atoms with Crippen LogP contribution in [0.5, 0.6) is 5.75 Å². The average molecular weight is 518 g/mol. The minimum Gasteiger partial charge on any atom is -0.480 e. The Hall–Kier alpha value is -2.89. The van der Waals surface area contributed by atoms with Crippen LogP contribution in [0.4, 0.5) is 10.5 Å². The fourth-order valence-electron chi connectivity index (χ4n) is 2.78. The van der Waals surface area contributed by atoms with Crippen molar-refractivity contribution in [1.82, 2.24) is 5.32 Å². The van der Waals surface area contributed by atoms with Gasteiger partial charge in [-0.25, -0.2) is 9.69 Å². The van der Waals surface area contributed by atoms with E-state index >= 15 is 0 Å². The largest absolute Gasteiger partial charge is 0.480 e. The number of anilines is 1. The van der Waals surface area contributed by atoms with E-state index in [-0.39, 0.29) is 12.2 Å². The van der Waals surface area contributed by atoms with E-state index in [1.54, 1.807) is 43.3 Å². The van der Waals surface area contributed by atoms with Crippen LogP contribution in [0.2, 0.25) is 0 Å². The van der Waals surface area contributed by atoms with Crippen molar-refractivity contribution in [2.24, 2.45) is 0 Å². The van der Waals surface area contributed by atoms with Crippen molar-refractivity contribution in [3.05, 3.63) is 62.0 Å².